The van der Waals surface area contributed by atoms with E-state index in [4.69, 9.17) is 4.74 Å². The zero-order valence-electron chi connectivity index (χ0n) is 10.7. The number of thiol groups is 1. The van der Waals surface area contributed by atoms with E-state index >= 15 is 0 Å². The molecule has 1 atom stereocenters. The molecule has 0 saturated heterocycles. The summed E-state index contributed by atoms with van der Waals surface area (Å²) in [6.07, 6.45) is 11.9. The van der Waals surface area contributed by atoms with Crippen LogP contribution in [-0.2, 0) is 4.74 Å². The van der Waals surface area contributed by atoms with Gasteiger partial charge in [0.15, 0.2) is 0 Å². The van der Waals surface area contributed by atoms with Crippen molar-refractivity contribution in [2.75, 3.05) is 7.05 Å². The molecule has 0 amide bonds. The molecule has 1 aliphatic heterocycles. The van der Waals surface area contributed by atoms with E-state index in [9.17, 15) is 0 Å². The van der Waals surface area contributed by atoms with Crippen LogP contribution in [0, 0.1) is 0 Å². The summed E-state index contributed by atoms with van der Waals surface area (Å²) in [6, 6.07) is 0. The predicted octanol–water partition coefficient (Wildman–Crippen LogP) is 2.17. The quantitative estimate of drug-likeness (QED) is 0.542. The van der Waals surface area contributed by atoms with Crippen molar-refractivity contribution in [1.29, 1.82) is 0 Å². The van der Waals surface area contributed by atoms with Crippen molar-refractivity contribution in [3.05, 3.63) is 22.9 Å². The van der Waals surface area contributed by atoms with Crippen molar-refractivity contribution < 1.29 is 4.74 Å². The highest BCUT2D eigenvalue weighted by Gasteiger charge is 2.20. The number of rotatable bonds is 3. The fraction of sp³-hybridized carbons (Fsp3) is 0.615. The number of allylic oxidation sites excluding steroid dienone is 2. The molecule has 1 aliphatic carbocycles. The highest BCUT2D eigenvalue weighted by Crippen LogP contribution is 2.21. The molecule has 2 aliphatic rings. The molecule has 1 unspecified atom stereocenters. The minimum Gasteiger partial charge on any atom is -0.349 e. The standard InChI is InChI=1S/C13H21N3OS/c1-14-9-12(18)11-7-8-15-13(16-11)17-10-5-3-2-4-6-10/h7-10,13,15-16,18H,2-6H2,1H3. The fourth-order valence-corrected chi connectivity index (χ4v) is 2.52. The first-order valence-electron chi connectivity index (χ1n) is 6.49. The zero-order valence-corrected chi connectivity index (χ0v) is 11.6. The monoisotopic (exact) mass is 267 g/mol. The summed E-state index contributed by atoms with van der Waals surface area (Å²) in [5.74, 6) is 0. The average molecular weight is 267 g/mol. The third-order valence-electron chi connectivity index (χ3n) is 3.19. The van der Waals surface area contributed by atoms with E-state index in [2.05, 4.69) is 28.3 Å². The molecule has 100 valence electrons. The van der Waals surface area contributed by atoms with Gasteiger partial charge in [0, 0.05) is 24.4 Å². The van der Waals surface area contributed by atoms with Gasteiger partial charge in [-0.1, -0.05) is 19.3 Å². The van der Waals surface area contributed by atoms with Crippen LogP contribution in [0.2, 0.25) is 0 Å². The largest absolute Gasteiger partial charge is 0.349 e. The Kier molecular flexibility index (Phi) is 5.13. The summed E-state index contributed by atoms with van der Waals surface area (Å²) in [5, 5.41) is 6.44. The van der Waals surface area contributed by atoms with E-state index in [-0.39, 0.29) is 6.35 Å². The third-order valence-corrected chi connectivity index (χ3v) is 3.55. The van der Waals surface area contributed by atoms with Crippen LogP contribution in [0.15, 0.2) is 27.9 Å². The van der Waals surface area contributed by atoms with Crippen LogP contribution in [0.4, 0.5) is 0 Å². The van der Waals surface area contributed by atoms with E-state index in [1.807, 2.05) is 12.3 Å². The third kappa shape index (κ3) is 3.78. The molecule has 1 heterocycles. The summed E-state index contributed by atoms with van der Waals surface area (Å²) in [7, 11) is 1.73. The van der Waals surface area contributed by atoms with Crippen LogP contribution in [-0.4, -0.2) is 25.7 Å². The Morgan fingerprint density at radius 3 is 2.94 bits per heavy atom. The number of aliphatic imine (C=N–C) groups is 1. The van der Waals surface area contributed by atoms with Gasteiger partial charge in [-0.25, -0.2) is 0 Å². The SMILES string of the molecule is CN=CC(S)=C1C=CNC(OC2CCCCC2)N1. The van der Waals surface area contributed by atoms with Gasteiger partial charge in [0.1, 0.15) is 0 Å². The Morgan fingerprint density at radius 1 is 1.44 bits per heavy atom. The van der Waals surface area contributed by atoms with E-state index in [1.54, 1.807) is 13.3 Å². The second kappa shape index (κ2) is 6.85. The van der Waals surface area contributed by atoms with E-state index in [0.29, 0.717) is 6.10 Å². The molecule has 0 aromatic carbocycles. The van der Waals surface area contributed by atoms with Gasteiger partial charge in [-0.3, -0.25) is 4.99 Å². The molecule has 0 aromatic rings. The first-order chi connectivity index (χ1) is 8.79. The number of hydrogen-bond donors (Lipinski definition) is 3. The topological polar surface area (TPSA) is 45.7 Å². The normalized spacial score (nSPS) is 28.0. The lowest BCUT2D eigenvalue weighted by Crippen LogP contribution is -2.46. The molecule has 0 bridgehead atoms. The first kappa shape index (κ1) is 13.5. The van der Waals surface area contributed by atoms with E-state index in [1.165, 1.54) is 19.3 Å². The van der Waals surface area contributed by atoms with Gasteiger partial charge in [0.25, 0.3) is 0 Å². The van der Waals surface area contributed by atoms with Gasteiger partial charge < -0.3 is 15.4 Å². The Bertz CT molecular complexity index is 359. The summed E-state index contributed by atoms with van der Waals surface area (Å²) < 4.78 is 6.00. The summed E-state index contributed by atoms with van der Waals surface area (Å²) in [4.78, 5) is 4.77. The predicted molar refractivity (Wildman–Crippen MR) is 77.6 cm³/mol. The van der Waals surface area contributed by atoms with Gasteiger partial charge in [0.2, 0.25) is 6.35 Å². The molecular weight excluding hydrogens is 246 g/mol. The molecule has 0 spiro atoms. The maximum absolute atomic E-state index is 6.00. The number of nitrogens with one attached hydrogen (secondary N) is 2. The Morgan fingerprint density at radius 2 is 2.22 bits per heavy atom. The van der Waals surface area contributed by atoms with Crippen molar-refractivity contribution in [1.82, 2.24) is 10.6 Å². The Hall–Kier alpha value is -0.940. The molecule has 18 heavy (non-hydrogen) atoms. The van der Waals surface area contributed by atoms with Crippen LogP contribution in [0.3, 0.4) is 0 Å². The van der Waals surface area contributed by atoms with Crippen LogP contribution >= 0.6 is 12.6 Å². The van der Waals surface area contributed by atoms with Crippen LogP contribution in [0.25, 0.3) is 0 Å². The van der Waals surface area contributed by atoms with Crippen molar-refractivity contribution in [2.45, 2.75) is 44.6 Å². The summed E-state index contributed by atoms with van der Waals surface area (Å²) in [6.45, 7) is 0. The smallest absolute Gasteiger partial charge is 0.205 e. The molecule has 4 nitrogen and oxygen atoms in total. The minimum absolute atomic E-state index is 0.166. The van der Waals surface area contributed by atoms with Crippen LogP contribution in [0.5, 0.6) is 0 Å². The van der Waals surface area contributed by atoms with Gasteiger partial charge >= 0.3 is 0 Å². The molecule has 0 radical (unpaired) electrons. The molecular formula is C13H21N3OS. The van der Waals surface area contributed by atoms with Gasteiger partial charge in [-0.2, -0.15) is 0 Å². The van der Waals surface area contributed by atoms with Crippen molar-refractivity contribution >= 4 is 18.8 Å². The Balaban J connectivity index is 1.92. The molecule has 1 fully saturated rings. The van der Waals surface area contributed by atoms with Gasteiger partial charge in [-0.05, 0) is 18.9 Å². The highest BCUT2D eigenvalue weighted by atomic mass is 32.1. The Labute approximate surface area is 114 Å². The second-order valence-electron chi connectivity index (χ2n) is 4.61. The summed E-state index contributed by atoms with van der Waals surface area (Å²) >= 11 is 4.39. The molecule has 1 saturated carbocycles. The van der Waals surface area contributed by atoms with Crippen LogP contribution < -0.4 is 10.6 Å². The molecule has 0 aromatic heterocycles. The summed E-state index contributed by atoms with van der Waals surface area (Å²) in [5.41, 5.74) is 0.934. The second-order valence-corrected chi connectivity index (χ2v) is 5.09. The fourth-order valence-electron chi connectivity index (χ4n) is 2.27. The minimum atomic E-state index is -0.166. The molecule has 2 rings (SSSR count). The van der Waals surface area contributed by atoms with Crippen molar-refractivity contribution in [3.8, 4) is 0 Å². The van der Waals surface area contributed by atoms with Gasteiger partial charge in [0.05, 0.1) is 11.8 Å². The maximum atomic E-state index is 6.00. The lowest BCUT2D eigenvalue weighted by Gasteiger charge is -2.31. The molecule has 2 N–H and O–H groups in total. The zero-order chi connectivity index (χ0) is 12.8. The number of ether oxygens (including phenoxy) is 1. The lowest BCUT2D eigenvalue weighted by atomic mass is 9.98. The van der Waals surface area contributed by atoms with Crippen molar-refractivity contribution in [3.63, 3.8) is 0 Å². The van der Waals surface area contributed by atoms with Crippen molar-refractivity contribution in [2.24, 2.45) is 4.99 Å². The van der Waals surface area contributed by atoms with Crippen LogP contribution in [0.1, 0.15) is 32.1 Å². The lowest BCUT2D eigenvalue weighted by molar-refractivity contribution is -0.0524. The maximum Gasteiger partial charge on any atom is 0.205 e. The molecule has 5 heteroatoms. The number of nitrogens with zero attached hydrogens (tertiary/aromatic N) is 1. The average Bonchev–Trinajstić information content (AvgIpc) is 2.40. The van der Waals surface area contributed by atoms with E-state index in [0.717, 1.165) is 23.4 Å². The number of hydrogen-bond acceptors (Lipinski definition) is 5. The van der Waals surface area contributed by atoms with E-state index < -0.39 is 0 Å². The highest BCUT2D eigenvalue weighted by molar-refractivity contribution is 7.85. The first-order valence-corrected chi connectivity index (χ1v) is 6.94. The van der Waals surface area contributed by atoms with Gasteiger partial charge in [-0.15, -0.1) is 12.6 Å².